The number of methoxy groups -OCH3 is 2. The molecule has 3 rings (SSSR count). The fourth-order valence-electron chi connectivity index (χ4n) is 2.78. The van der Waals surface area contributed by atoms with E-state index in [1.807, 2.05) is 36.2 Å². The van der Waals surface area contributed by atoms with Gasteiger partial charge in [-0.05, 0) is 18.2 Å². The van der Waals surface area contributed by atoms with Crippen molar-refractivity contribution in [2.24, 2.45) is 0 Å². The van der Waals surface area contributed by atoms with Gasteiger partial charge in [0.2, 0.25) is 0 Å². The first-order chi connectivity index (χ1) is 12.7. The minimum atomic E-state index is -0.231. The van der Waals surface area contributed by atoms with E-state index in [1.165, 1.54) is 0 Å². The molecule has 0 saturated carbocycles. The van der Waals surface area contributed by atoms with Crippen molar-refractivity contribution in [1.82, 2.24) is 15.0 Å². The number of nitrogens with zero attached hydrogens (tertiary/aromatic N) is 4. The second-order valence-electron chi connectivity index (χ2n) is 5.84. The molecule has 136 valence electrons. The van der Waals surface area contributed by atoms with Crippen molar-refractivity contribution in [1.29, 1.82) is 0 Å². The second-order valence-corrected chi connectivity index (χ2v) is 5.84. The molecule has 2 aromatic heterocycles. The quantitative estimate of drug-likeness (QED) is 0.697. The molecule has 0 spiro atoms. The van der Waals surface area contributed by atoms with Crippen LogP contribution in [0.2, 0.25) is 0 Å². The van der Waals surface area contributed by atoms with Crippen LogP contribution in [0.3, 0.4) is 0 Å². The summed E-state index contributed by atoms with van der Waals surface area (Å²) in [7, 11) is 5.14. The molecule has 3 aromatic rings. The number of pyridine rings is 1. The third-order valence-electron chi connectivity index (χ3n) is 4.16. The Kier molecular flexibility index (Phi) is 5.48. The molecule has 0 amide bonds. The third kappa shape index (κ3) is 3.67. The maximum Gasteiger partial charge on any atom is 0.162 e. The number of hydrogen-bond acceptors (Lipinski definition) is 7. The summed E-state index contributed by atoms with van der Waals surface area (Å²) < 4.78 is 10.8. The van der Waals surface area contributed by atoms with Gasteiger partial charge in [-0.25, -0.2) is 9.97 Å². The Morgan fingerprint density at radius 2 is 1.85 bits per heavy atom. The standard InChI is InChI=1S/C19H22N4O3/c1-23(9-7-13-6-4-5-8-20-13)19-14-10-16(25-2)17(26-3)11-15(14)21-18(12-24)22-19/h4-6,8,10-11,24H,7,9,12H2,1-3H3. The van der Waals surface area contributed by atoms with Crippen molar-refractivity contribution in [2.45, 2.75) is 13.0 Å². The molecule has 0 fully saturated rings. The third-order valence-corrected chi connectivity index (χ3v) is 4.16. The zero-order valence-electron chi connectivity index (χ0n) is 15.1. The van der Waals surface area contributed by atoms with Gasteiger partial charge >= 0.3 is 0 Å². The van der Waals surface area contributed by atoms with Gasteiger partial charge in [0.05, 0.1) is 19.7 Å². The maximum atomic E-state index is 9.53. The van der Waals surface area contributed by atoms with E-state index in [1.54, 1.807) is 26.5 Å². The lowest BCUT2D eigenvalue weighted by molar-refractivity contribution is 0.272. The molecule has 0 bridgehead atoms. The minimum Gasteiger partial charge on any atom is -0.493 e. The molecule has 7 nitrogen and oxygen atoms in total. The van der Waals surface area contributed by atoms with Gasteiger partial charge in [-0.2, -0.15) is 0 Å². The van der Waals surface area contributed by atoms with Crippen molar-refractivity contribution in [3.63, 3.8) is 0 Å². The van der Waals surface area contributed by atoms with E-state index in [2.05, 4.69) is 15.0 Å². The number of benzene rings is 1. The van der Waals surface area contributed by atoms with Crippen LogP contribution < -0.4 is 14.4 Å². The Balaban J connectivity index is 1.99. The molecule has 1 N–H and O–H groups in total. The molecule has 1 aromatic carbocycles. The number of aliphatic hydroxyl groups excluding tert-OH is 1. The second kappa shape index (κ2) is 7.97. The highest BCUT2D eigenvalue weighted by molar-refractivity contribution is 5.92. The Bertz CT molecular complexity index is 887. The highest BCUT2D eigenvalue weighted by Crippen LogP contribution is 2.35. The van der Waals surface area contributed by atoms with Crippen LogP contribution >= 0.6 is 0 Å². The van der Waals surface area contributed by atoms with Crippen molar-refractivity contribution < 1.29 is 14.6 Å². The number of hydrogen-bond donors (Lipinski definition) is 1. The summed E-state index contributed by atoms with van der Waals surface area (Å²) >= 11 is 0. The van der Waals surface area contributed by atoms with Crippen LogP contribution in [0.15, 0.2) is 36.5 Å². The number of fused-ring (bicyclic) bond motifs is 1. The lowest BCUT2D eigenvalue weighted by atomic mass is 10.2. The highest BCUT2D eigenvalue weighted by Gasteiger charge is 2.15. The summed E-state index contributed by atoms with van der Waals surface area (Å²) in [5.74, 6) is 2.30. The lowest BCUT2D eigenvalue weighted by Crippen LogP contribution is -2.23. The number of aliphatic hydroxyl groups is 1. The number of aromatic nitrogens is 3. The number of rotatable bonds is 7. The lowest BCUT2D eigenvalue weighted by Gasteiger charge is -2.21. The zero-order valence-corrected chi connectivity index (χ0v) is 15.1. The summed E-state index contributed by atoms with van der Waals surface area (Å²) in [5.41, 5.74) is 1.71. The summed E-state index contributed by atoms with van der Waals surface area (Å²) in [6, 6.07) is 9.54. The normalized spacial score (nSPS) is 10.8. The van der Waals surface area contributed by atoms with E-state index in [9.17, 15) is 5.11 Å². The van der Waals surface area contributed by atoms with Crippen molar-refractivity contribution in [2.75, 3.05) is 32.7 Å². The molecule has 0 aliphatic heterocycles. The van der Waals surface area contributed by atoms with Crippen LogP contribution in [0.1, 0.15) is 11.5 Å². The molecular weight excluding hydrogens is 332 g/mol. The summed E-state index contributed by atoms with van der Waals surface area (Å²) in [6.45, 7) is 0.494. The Labute approximate surface area is 152 Å². The number of ether oxygens (including phenoxy) is 2. The molecule has 0 unspecified atom stereocenters. The van der Waals surface area contributed by atoms with Crippen LogP contribution in [-0.2, 0) is 13.0 Å². The van der Waals surface area contributed by atoms with Crippen LogP contribution in [0, 0.1) is 0 Å². The minimum absolute atomic E-state index is 0.231. The van der Waals surface area contributed by atoms with Crippen LogP contribution in [-0.4, -0.2) is 47.9 Å². The summed E-state index contributed by atoms with van der Waals surface area (Å²) in [4.78, 5) is 15.3. The van der Waals surface area contributed by atoms with E-state index in [4.69, 9.17) is 9.47 Å². The van der Waals surface area contributed by atoms with Gasteiger partial charge in [-0.3, -0.25) is 4.98 Å². The first-order valence-corrected chi connectivity index (χ1v) is 8.30. The monoisotopic (exact) mass is 354 g/mol. The van der Waals surface area contributed by atoms with E-state index in [0.717, 1.165) is 29.9 Å². The summed E-state index contributed by atoms with van der Waals surface area (Å²) in [6.07, 6.45) is 2.57. The zero-order chi connectivity index (χ0) is 18.5. The molecule has 0 atom stereocenters. The maximum absolute atomic E-state index is 9.53. The number of anilines is 1. The van der Waals surface area contributed by atoms with Crippen molar-refractivity contribution in [3.05, 3.63) is 48.0 Å². The highest BCUT2D eigenvalue weighted by atomic mass is 16.5. The Morgan fingerprint density at radius 3 is 2.50 bits per heavy atom. The van der Waals surface area contributed by atoms with Gasteiger partial charge in [0, 0.05) is 43.4 Å². The molecule has 0 aliphatic rings. The first kappa shape index (κ1) is 17.9. The van der Waals surface area contributed by atoms with Crippen LogP contribution in [0.25, 0.3) is 10.9 Å². The fourth-order valence-corrected chi connectivity index (χ4v) is 2.78. The molecule has 7 heteroatoms. The molecule has 2 heterocycles. The SMILES string of the molecule is COc1cc2nc(CO)nc(N(C)CCc3ccccn3)c2cc1OC. The smallest absolute Gasteiger partial charge is 0.162 e. The van der Waals surface area contributed by atoms with Crippen molar-refractivity contribution in [3.8, 4) is 11.5 Å². The predicted molar refractivity (Wildman–Crippen MR) is 99.8 cm³/mol. The topological polar surface area (TPSA) is 80.6 Å². The molecule has 0 aliphatic carbocycles. The average Bonchev–Trinajstić information content (AvgIpc) is 2.70. The van der Waals surface area contributed by atoms with E-state index in [-0.39, 0.29) is 6.61 Å². The molecule has 0 saturated heterocycles. The van der Waals surface area contributed by atoms with E-state index >= 15 is 0 Å². The molecular formula is C19H22N4O3. The Hall–Kier alpha value is -2.93. The van der Waals surface area contributed by atoms with Crippen LogP contribution in [0.4, 0.5) is 5.82 Å². The first-order valence-electron chi connectivity index (χ1n) is 8.30. The van der Waals surface area contributed by atoms with E-state index in [0.29, 0.717) is 22.8 Å². The van der Waals surface area contributed by atoms with Crippen molar-refractivity contribution >= 4 is 16.7 Å². The van der Waals surface area contributed by atoms with Gasteiger partial charge < -0.3 is 19.5 Å². The summed E-state index contributed by atoms with van der Waals surface area (Å²) in [5, 5.41) is 10.4. The van der Waals surface area contributed by atoms with Gasteiger partial charge in [0.1, 0.15) is 12.4 Å². The van der Waals surface area contributed by atoms with Gasteiger partial charge in [-0.15, -0.1) is 0 Å². The fraction of sp³-hybridized carbons (Fsp3) is 0.316. The molecule has 26 heavy (non-hydrogen) atoms. The average molecular weight is 354 g/mol. The van der Waals surface area contributed by atoms with Gasteiger partial charge in [0.25, 0.3) is 0 Å². The van der Waals surface area contributed by atoms with E-state index < -0.39 is 0 Å². The van der Waals surface area contributed by atoms with Gasteiger partial charge in [-0.1, -0.05) is 6.07 Å². The molecule has 0 radical (unpaired) electrons. The largest absolute Gasteiger partial charge is 0.493 e. The number of likely N-dealkylation sites (N-methyl/N-ethyl adjacent to an activating group) is 1. The Morgan fingerprint density at radius 1 is 1.08 bits per heavy atom. The van der Waals surface area contributed by atoms with Crippen LogP contribution in [0.5, 0.6) is 11.5 Å². The predicted octanol–water partition coefficient (Wildman–Crippen LogP) is 2.21. The van der Waals surface area contributed by atoms with Gasteiger partial charge in [0.15, 0.2) is 17.3 Å².